The molecule has 23 heavy (non-hydrogen) atoms. The van der Waals surface area contributed by atoms with Crippen LogP contribution in [0.3, 0.4) is 0 Å². The number of urea groups is 1. The Kier molecular flexibility index (Phi) is 7.43. The monoisotopic (exact) mass is 324 g/mol. The average molecular weight is 324 g/mol. The molecule has 128 valence electrons. The van der Waals surface area contributed by atoms with Crippen molar-refractivity contribution in [1.29, 1.82) is 0 Å². The standard InChI is InChI=1S/C15H25N5O3/c1-5-9-20-14(22)12(13(21)17-15(20)23)11(4)18-16-8-10-19(6-2)7-3/h5,12,16,18H,1,4,6-10H2,2-3H3,(H,17,21,23)/p+1/t12-/m0/s1. The Labute approximate surface area is 136 Å². The maximum atomic E-state index is 12.3. The minimum absolute atomic E-state index is 0.0421. The van der Waals surface area contributed by atoms with Gasteiger partial charge in [0, 0.05) is 12.2 Å². The van der Waals surface area contributed by atoms with E-state index in [1.807, 2.05) is 0 Å². The molecule has 8 heteroatoms. The summed E-state index contributed by atoms with van der Waals surface area (Å²) in [6.45, 7) is 15.1. The second-order valence-electron chi connectivity index (χ2n) is 5.25. The van der Waals surface area contributed by atoms with Gasteiger partial charge in [0.2, 0.25) is 11.8 Å². The van der Waals surface area contributed by atoms with Crippen LogP contribution in [0.1, 0.15) is 13.8 Å². The number of imide groups is 2. The zero-order chi connectivity index (χ0) is 17.4. The predicted molar refractivity (Wildman–Crippen MR) is 86.1 cm³/mol. The summed E-state index contributed by atoms with van der Waals surface area (Å²) in [6.07, 6.45) is 1.42. The minimum Gasteiger partial charge on any atom is -0.334 e. The van der Waals surface area contributed by atoms with Crippen LogP contribution in [0.4, 0.5) is 4.79 Å². The van der Waals surface area contributed by atoms with Crippen molar-refractivity contribution in [2.45, 2.75) is 13.8 Å². The molecule has 1 atom stereocenters. The van der Waals surface area contributed by atoms with Crippen LogP contribution in [0, 0.1) is 5.92 Å². The van der Waals surface area contributed by atoms with Gasteiger partial charge in [0.15, 0.2) is 5.92 Å². The third-order valence-corrected chi connectivity index (χ3v) is 3.76. The molecule has 0 aromatic rings. The van der Waals surface area contributed by atoms with Gasteiger partial charge >= 0.3 is 6.03 Å². The highest BCUT2D eigenvalue weighted by Crippen LogP contribution is 2.15. The maximum absolute atomic E-state index is 12.3. The summed E-state index contributed by atoms with van der Waals surface area (Å²) in [5.74, 6) is -2.41. The Morgan fingerprint density at radius 2 is 2.00 bits per heavy atom. The Balaban J connectivity index is 2.56. The topological polar surface area (TPSA) is 95.0 Å². The van der Waals surface area contributed by atoms with Crippen LogP contribution in [0.2, 0.25) is 0 Å². The average Bonchev–Trinajstić information content (AvgIpc) is 2.51. The van der Waals surface area contributed by atoms with Crippen molar-refractivity contribution in [2.75, 3.05) is 32.7 Å². The summed E-state index contributed by atoms with van der Waals surface area (Å²) in [7, 11) is 0. The Hall–Kier alpha value is -2.19. The van der Waals surface area contributed by atoms with Crippen molar-refractivity contribution < 1.29 is 19.3 Å². The number of carbonyl (C=O) groups excluding carboxylic acids is 3. The van der Waals surface area contributed by atoms with Crippen LogP contribution in [0.25, 0.3) is 0 Å². The number of quaternary nitrogens is 1. The molecule has 0 aromatic carbocycles. The smallest absolute Gasteiger partial charge is 0.331 e. The van der Waals surface area contributed by atoms with Gasteiger partial charge in [0.1, 0.15) is 0 Å². The summed E-state index contributed by atoms with van der Waals surface area (Å²) in [6, 6.07) is -0.734. The Bertz CT molecular complexity index is 488. The molecule has 1 fully saturated rings. The number of likely N-dealkylation sites (N-methyl/N-ethyl adjacent to an activating group) is 1. The van der Waals surface area contributed by atoms with Gasteiger partial charge in [0.25, 0.3) is 0 Å². The van der Waals surface area contributed by atoms with E-state index in [0.717, 1.165) is 24.5 Å². The first-order valence-electron chi connectivity index (χ1n) is 7.74. The number of amides is 4. The second-order valence-corrected chi connectivity index (χ2v) is 5.25. The number of hydrazine groups is 1. The molecule has 4 N–H and O–H groups in total. The van der Waals surface area contributed by atoms with Crippen molar-refractivity contribution >= 4 is 17.8 Å². The highest BCUT2D eigenvalue weighted by atomic mass is 16.2. The zero-order valence-electron chi connectivity index (χ0n) is 13.8. The normalized spacial score (nSPS) is 18.1. The summed E-state index contributed by atoms with van der Waals surface area (Å²) in [4.78, 5) is 38.2. The van der Waals surface area contributed by atoms with Crippen LogP contribution < -0.4 is 21.1 Å². The van der Waals surface area contributed by atoms with E-state index in [2.05, 4.69) is 43.2 Å². The summed E-state index contributed by atoms with van der Waals surface area (Å²) in [5.41, 5.74) is 5.96. The van der Waals surface area contributed by atoms with E-state index in [-0.39, 0.29) is 12.2 Å². The van der Waals surface area contributed by atoms with Gasteiger partial charge in [-0.25, -0.2) is 10.2 Å². The number of nitrogens with zero attached hydrogens (tertiary/aromatic N) is 1. The van der Waals surface area contributed by atoms with Crippen molar-refractivity contribution in [3.05, 3.63) is 24.9 Å². The van der Waals surface area contributed by atoms with Crippen molar-refractivity contribution in [3.63, 3.8) is 0 Å². The van der Waals surface area contributed by atoms with Gasteiger partial charge < -0.3 is 10.3 Å². The van der Waals surface area contributed by atoms with Crippen molar-refractivity contribution in [3.8, 4) is 0 Å². The van der Waals surface area contributed by atoms with E-state index in [4.69, 9.17) is 0 Å². The lowest BCUT2D eigenvalue weighted by Crippen LogP contribution is -3.12. The number of nitrogens with one attached hydrogen (secondary N) is 4. The summed E-state index contributed by atoms with van der Waals surface area (Å²) in [5, 5.41) is 2.15. The summed E-state index contributed by atoms with van der Waals surface area (Å²) >= 11 is 0. The van der Waals surface area contributed by atoms with Gasteiger partial charge in [-0.05, 0) is 13.8 Å². The van der Waals surface area contributed by atoms with Gasteiger partial charge in [0.05, 0.1) is 26.2 Å². The lowest BCUT2D eigenvalue weighted by atomic mass is 10.0. The third kappa shape index (κ3) is 4.90. The van der Waals surface area contributed by atoms with Gasteiger partial charge in [-0.1, -0.05) is 12.7 Å². The number of carbonyl (C=O) groups is 3. The molecule has 0 bridgehead atoms. The molecule has 1 heterocycles. The summed E-state index contributed by atoms with van der Waals surface area (Å²) < 4.78 is 0. The molecule has 1 aliphatic rings. The van der Waals surface area contributed by atoms with E-state index in [0.29, 0.717) is 6.54 Å². The first-order chi connectivity index (χ1) is 11.0. The molecule has 1 saturated heterocycles. The zero-order valence-corrected chi connectivity index (χ0v) is 13.8. The van der Waals surface area contributed by atoms with Crippen LogP contribution >= 0.6 is 0 Å². The molecule has 4 amide bonds. The lowest BCUT2D eigenvalue weighted by Gasteiger charge is -2.30. The first kappa shape index (κ1) is 18.9. The number of barbiturate groups is 1. The molecule has 1 aliphatic heterocycles. The number of rotatable bonds is 10. The highest BCUT2D eigenvalue weighted by molar-refractivity contribution is 6.17. The molecule has 0 unspecified atom stereocenters. The van der Waals surface area contributed by atoms with E-state index >= 15 is 0 Å². The quantitative estimate of drug-likeness (QED) is 0.168. The number of hydrogen-bond acceptors (Lipinski definition) is 5. The van der Waals surface area contributed by atoms with E-state index in [9.17, 15) is 14.4 Å². The van der Waals surface area contributed by atoms with Gasteiger partial charge in [-0.3, -0.25) is 19.8 Å². The first-order valence-corrected chi connectivity index (χ1v) is 7.74. The van der Waals surface area contributed by atoms with Crippen LogP contribution in [-0.4, -0.2) is 55.5 Å². The molecular weight excluding hydrogens is 298 g/mol. The van der Waals surface area contributed by atoms with Gasteiger partial charge in [-0.2, -0.15) is 0 Å². The SMILES string of the molecule is C=CCN1C(=O)NC(=O)[C@H](C(=C)NNCC[NH+](CC)CC)C1=O. The fourth-order valence-electron chi connectivity index (χ4n) is 2.31. The highest BCUT2D eigenvalue weighted by Gasteiger charge is 2.41. The van der Waals surface area contributed by atoms with Crippen LogP contribution in [0.5, 0.6) is 0 Å². The van der Waals surface area contributed by atoms with Gasteiger partial charge in [-0.15, -0.1) is 6.58 Å². The lowest BCUT2D eigenvalue weighted by molar-refractivity contribution is -0.895. The van der Waals surface area contributed by atoms with Crippen molar-refractivity contribution in [2.24, 2.45) is 5.92 Å². The molecule has 0 aromatic heterocycles. The molecule has 0 aliphatic carbocycles. The fraction of sp³-hybridized carbons (Fsp3) is 0.533. The van der Waals surface area contributed by atoms with E-state index in [1.54, 1.807) is 0 Å². The fourth-order valence-corrected chi connectivity index (χ4v) is 2.31. The van der Waals surface area contributed by atoms with E-state index in [1.165, 1.54) is 11.0 Å². The third-order valence-electron chi connectivity index (χ3n) is 3.76. The molecule has 8 nitrogen and oxygen atoms in total. The predicted octanol–water partition coefficient (Wildman–Crippen LogP) is -1.60. The molecular formula is C15H26N5O3+. The van der Waals surface area contributed by atoms with Crippen LogP contribution in [-0.2, 0) is 9.59 Å². The van der Waals surface area contributed by atoms with E-state index < -0.39 is 23.8 Å². The molecule has 0 saturated carbocycles. The maximum Gasteiger partial charge on any atom is 0.331 e. The van der Waals surface area contributed by atoms with Crippen LogP contribution in [0.15, 0.2) is 24.9 Å². The largest absolute Gasteiger partial charge is 0.334 e. The molecule has 0 radical (unpaired) electrons. The second kappa shape index (κ2) is 9.06. The Morgan fingerprint density at radius 3 is 2.57 bits per heavy atom. The minimum atomic E-state index is -1.14. The van der Waals surface area contributed by atoms with Crippen molar-refractivity contribution in [1.82, 2.24) is 21.1 Å². The number of hydrogen-bond donors (Lipinski definition) is 4. The molecule has 0 spiro atoms. The Morgan fingerprint density at radius 1 is 1.35 bits per heavy atom. The molecule has 1 rings (SSSR count).